The van der Waals surface area contributed by atoms with Crippen LogP contribution in [0.5, 0.6) is 0 Å². The van der Waals surface area contributed by atoms with Crippen LogP contribution in [-0.4, -0.2) is 41.3 Å². The Bertz CT molecular complexity index is 628. The van der Waals surface area contributed by atoms with E-state index in [9.17, 15) is 9.59 Å². The van der Waals surface area contributed by atoms with Crippen LogP contribution in [0.2, 0.25) is 0 Å². The Kier molecular flexibility index (Phi) is 4.15. The van der Waals surface area contributed by atoms with Gasteiger partial charge in [0.15, 0.2) is 5.78 Å². The van der Waals surface area contributed by atoms with Crippen molar-refractivity contribution in [1.29, 1.82) is 0 Å². The van der Waals surface area contributed by atoms with E-state index in [4.69, 9.17) is 5.73 Å². The summed E-state index contributed by atoms with van der Waals surface area (Å²) >= 11 is 0. The lowest BCUT2D eigenvalue weighted by Crippen LogP contribution is -2.39. The molecule has 0 saturated carbocycles. The number of carbonyl (C=O) groups is 2. The molecule has 2 aliphatic rings. The molecule has 7 heteroatoms. The molecule has 2 fully saturated rings. The predicted molar refractivity (Wildman–Crippen MR) is 81.8 cm³/mol. The van der Waals surface area contributed by atoms with Crippen LogP contribution in [0, 0.1) is 5.92 Å². The molecule has 0 aliphatic carbocycles. The zero-order chi connectivity index (χ0) is 15.5. The van der Waals surface area contributed by atoms with Crippen molar-refractivity contribution < 1.29 is 9.59 Å². The van der Waals surface area contributed by atoms with E-state index in [0.717, 1.165) is 25.9 Å². The number of ketones is 1. The lowest BCUT2D eigenvalue weighted by Gasteiger charge is -2.32. The van der Waals surface area contributed by atoms with Gasteiger partial charge in [-0.15, -0.1) is 0 Å². The largest absolute Gasteiger partial charge is 0.340 e. The van der Waals surface area contributed by atoms with Crippen LogP contribution in [0.25, 0.3) is 6.08 Å². The van der Waals surface area contributed by atoms with Crippen LogP contribution >= 0.6 is 0 Å². The summed E-state index contributed by atoms with van der Waals surface area (Å²) in [4.78, 5) is 33.8. The number of rotatable bonds is 3. The van der Waals surface area contributed by atoms with Gasteiger partial charge < -0.3 is 16.0 Å². The first-order valence-electron chi connectivity index (χ1n) is 7.48. The maximum absolute atomic E-state index is 11.6. The molecule has 1 amide bonds. The monoisotopic (exact) mass is 301 g/mol. The van der Waals surface area contributed by atoms with Crippen LogP contribution in [-0.2, 0) is 9.59 Å². The van der Waals surface area contributed by atoms with Crippen molar-refractivity contribution in [3.8, 4) is 0 Å². The summed E-state index contributed by atoms with van der Waals surface area (Å²) in [5.41, 5.74) is 6.67. The zero-order valence-corrected chi connectivity index (χ0v) is 12.3. The molecular weight excluding hydrogens is 282 g/mol. The Morgan fingerprint density at radius 1 is 1.45 bits per heavy atom. The van der Waals surface area contributed by atoms with Crippen LogP contribution in [0.4, 0.5) is 5.95 Å². The maximum Gasteiger partial charge on any atom is 0.232 e. The average molecular weight is 301 g/mol. The van der Waals surface area contributed by atoms with E-state index in [-0.39, 0.29) is 18.1 Å². The quantitative estimate of drug-likeness (QED) is 0.606. The van der Waals surface area contributed by atoms with Crippen molar-refractivity contribution in [3.63, 3.8) is 0 Å². The molecule has 0 aromatic carbocycles. The van der Waals surface area contributed by atoms with Crippen molar-refractivity contribution in [2.75, 3.05) is 24.5 Å². The molecule has 3 N–H and O–H groups in total. The van der Waals surface area contributed by atoms with Gasteiger partial charge in [0, 0.05) is 19.3 Å². The highest BCUT2D eigenvalue weighted by Crippen LogP contribution is 2.20. The molecular formula is C15H19N5O2. The second-order valence-corrected chi connectivity index (χ2v) is 5.68. The van der Waals surface area contributed by atoms with Crippen molar-refractivity contribution in [3.05, 3.63) is 23.7 Å². The second-order valence-electron chi connectivity index (χ2n) is 5.68. The van der Waals surface area contributed by atoms with E-state index in [2.05, 4.69) is 20.2 Å². The molecule has 1 unspecified atom stereocenters. The van der Waals surface area contributed by atoms with E-state index in [1.165, 1.54) is 0 Å². The van der Waals surface area contributed by atoms with Crippen LogP contribution in [0.1, 0.15) is 25.0 Å². The fraction of sp³-hybridized carbons (Fsp3) is 0.467. The fourth-order valence-corrected chi connectivity index (χ4v) is 2.80. The number of anilines is 1. The number of nitrogens with two attached hydrogens (primary N) is 1. The van der Waals surface area contributed by atoms with Crippen molar-refractivity contribution in [1.82, 2.24) is 15.3 Å². The summed E-state index contributed by atoms with van der Waals surface area (Å²) in [6.45, 7) is 2.43. The molecule has 3 rings (SSSR count). The van der Waals surface area contributed by atoms with E-state index in [1.54, 1.807) is 18.3 Å². The summed E-state index contributed by atoms with van der Waals surface area (Å²) in [6.07, 6.45) is 5.39. The molecule has 0 radical (unpaired) electrons. The Morgan fingerprint density at radius 2 is 2.32 bits per heavy atom. The topological polar surface area (TPSA) is 101 Å². The highest BCUT2D eigenvalue weighted by molar-refractivity contribution is 6.16. The molecule has 116 valence electrons. The SMILES string of the molecule is NCC1CCCN(c2nccc(/C=C3\NC(=O)CC3=O)n2)C1. The molecule has 1 atom stereocenters. The van der Waals surface area contributed by atoms with Gasteiger partial charge in [-0.25, -0.2) is 9.97 Å². The van der Waals surface area contributed by atoms with Crippen molar-refractivity contribution >= 4 is 23.7 Å². The first kappa shape index (κ1) is 14.6. The second kappa shape index (κ2) is 6.23. The number of nitrogens with one attached hydrogen (secondary N) is 1. The van der Waals surface area contributed by atoms with Gasteiger partial charge >= 0.3 is 0 Å². The zero-order valence-electron chi connectivity index (χ0n) is 12.3. The van der Waals surface area contributed by atoms with E-state index < -0.39 is 0 Å². The lowest BCUT2D eigenvalue weighted by atomic mass is 9.99. The fourth-order valence-electron chi connectivity index (χ4n) is 2.80. The number of allylic oxidation sites excluding steroid dienone is 1. The molecule has 1 aromatic rings. The minimum Gasteiger partial charge on any atom is -0.340 e. The first-order chi connectivity index (χ1) is 10.7. The van der Waals surface area contributed by atoms with Crippen LogP contribution < -0.4 is 16.0 Å². The normalized spacial score (nSPS) is 24.0. The molecule has 22 heavy (non-hydrogen) atoms. The summed E-state index contributed by atoms with van der Waals surface area (Å²) in [7, 11) is 0. The number of piperidine rings is 1. The Morgan fingerprint density at radius 3 is 3.05 bits per heavy atom. The van der Waals surface area contributed by atoms with Crippen LogP contribution in [0.15, 0.2) is 18.0 Å². The van der Waals surface area contributed by atoms with Gasteiger partial charge in [-0.1, -0.05) is 0 Å². The highest BCUT2D eigenvalue weighted by atomic mass is 16.2. The van der Waals surface area contributed by atoms with Crippen molar-refractivity contribution in [2.45, 2.75) is 19.3 Å². The van der Waals surface area contributed by atoms with Crippen molar-refractivity contribution in [2.24, 2.45) is 11.7 Å². The number of amides is 1. The minimum atomic E-state index is -0.271. The molecule has 3 heterocycles. The van der Waals surface area contributed by atoms with Gasteiger partial charge in [-0.2, -0.15) is 0 Å². The standard InChI is InChI=1S/C15H19N5O2/c16-8-10-2-1-5-20(9-10)15-17-4-3-11(18-15)6-12-13(21)7-14(22)19-12/h3-4,6,10H,1-2,5,7-9,16H2,(H,19,22)/b12-6-. The molecule has 0 spiro atoms. The number of hydrogen-bond donors (Lipinski definition) is 2. The molecule has 2 aliphatic heterocycles. The smallest absolute Gasteiger partial charge is 0.232 e. The maximum atomic E-state index is 11.6. The van der Waals surface area contributed by atoms with Gasteiger partial charge in [0.2, 0.25) is 11.9 Å². The number of carbonyl (C=O) groups excluding carboxylic acids is 2. The lowest BCUT2D eigenvalue weighted by molar-refractivity contribution is -0.121. The number of nitrogens with zero attached hydrogens (tertiary/aromatic N) is 3. The molecule has 0 bridgehead atoms. The minimum absolute atomic E-state index is 0.0892. The van der Waals surface area contributed by atoms with Gasteiger partial charge in [0.25, 0.3) is 0 Å². The van der Waals surface area contributed by atoms with Gasteiger partial charge in [-0.3, -0.25) is 9.59 Å². The first-order valence-corrected chi connectivity index (χ1v) is 7.48. The summed E-state index contributed by atoms with van der Waals surface area (Å²) in [5.74, 6) is 0.637. The predicted octanol–water partition coefficient (Wildman–Crippen LogP) is 0.0816. The number of hydrogen-bond acceptors (Lipinski definition) is 6. The van der Waals surface area contributed by atoms with E-state index >= 15 is 0 Å². The van der Waals surface area contributed by atoms with Crippen LogP contribution in [0.3, 0.4) is 0 Å². The van der Waals surface area contributed by atoms with E-state index in [1.807, 2.05) is 0 Å². The Balaban J connectivity index is 1.79. The highest BCUT2D eigenvalue weighted by Gasteiger charge is 2.24. The van der Waals surface area contributed by atoms with E-state index in [0.29, 0.717) is 29.8 Å². The number of aromatic nitrogens is 2. The third kappa shape index (κ3) is 3.14. The van der Waals surface area contributed by atoms with Gasteiger partial charge in [0.1, 0.15) is 0 Å². The molecule has 1 aromatic heterocycles. The molecule has 2 saturated heterocycles. The van der Waals surface area contributed by atoms with Gasteiger partial charge in [0.05, 0.1) is 17.8 Å². The average Bonchev–Trinajstić information content (AvgIpc) is 2.85. The third-order valence-electron chi connectivity index (χ3n) is 3.99. The number of Topliss-reactive ketones (excluding diaryl/α,β-unsaturated/α-hetero) is 1. The Labute approximate surface area is 128 Å². The third-order valence-corrected chi connectivity index (χ3v) is 3.99. The summed E-state index contributed by atoms with van der Waals surface area (Å²) in [5, 5.41) is 2.55. The summed E-state index contributed by atoms with van der Waals surface area (Å²) in [6, 6.07) is 1.72. The summed E-state index contributed by atoms with van der Waals surface area (Å²) < 4.78 is 0. The molecule has 7 nitrogen and oxygen atoms in total. The van der Waals surface area contributed by atoms with Gasteiger partial charge in [-0.05, 0) is 37.4 Å². The Hall–Kier alpha value is -2.28.